The number of rotatable bonds is 5. The molecule has 0 aliphatic heterocycles. The van der Waals surface area contributed by atoms with Crippen molar-refractivity contribution in [3.63, 3.8) is 0 Å². The summed E-state index contributed by atoms with van der Waals surface area (Å²) in [5.41, 5.74) is 2.58. The molecule has 3 rings (SSSR count). The first-order valence-corrected chi connectivity index (χ1v) is 8.61. The Balaban J connectivity index is 2.04. The average Bonchev–Trinajstić information content (AvgIpc) is 3.00. The van der Waals surface area contributed by atoms with Gasteiger partial charge in [-0.3, -0.25) is 0 Å². The molecule has 0 saturated heterocycles. The number of hydrogen-bond acceptors (Lipinski definition) is 3. The van der Waals surface area contributed by atoms with Crippen molar-refractivity contribution in [3.05, 3.63) is 76.9 Å². The molecular formula is C22H17N3O3. The summed E-state index contributed by atoms with van der Waals surface area (Å²) in [6.07, 6.45) is 0.556. The van der Waals surface area contributed by atoms with Crippen LogP contribution in [0.3, 0.4) is 0 Å². The smallest absolute Gasteiger partial charge is 0.351 e. The van der Waals surface area contributed by atoms with Crippen molar-refractivity contribution in [2.24, 2.45) is 7.05 Å². The van der Waals surface area contributed by atoms with Crippen LogP contribution < -0.4 is 4.74 Å². The molecule has 28 heavy (non-hydrogen) atoms. The number of hydrogen-bond donors (Lipinski definition) is 1. The van der Waals surface area contributed by atoms with Gasteiger partial charge in [-0.05, 0) is 36.2 Å². The van der Waals surface area contributed by atoms with Crippen LogP contribution in [-0.2, 0) is 13.5 Å². The summed E-state index contributed by atoms with van der Waals surface area (Å²) in [5.74, 6) is -0.122. The van der Waals surface area contributed by atoms with Crippen LogP contribution in [0.5, 0.6) is 11.5 Å². The van der Waals surface area contributed by atoms with Crippen molar-refractivity contribution in [2.75, 3.05) is 0 Å². The minimum Gasteiger partial charge on any atom is -0.477 e. The number of carboxylic acids is 1. The van der Waals surface area contributed by atoms with Gasteiger partial charge in [-0.25, -0.2) is 9.64 Å². The number of para-hydroxylation sites is 1. The molecule has 6 heteroatoms. The molecule has 0 bridgehead atoms. The van der Waals surface area contributed by atoms with E-state index in [1.807, 2.05) is 6.92 Å². The van der Waals surface area contributed by atoms with E-state index in [1.165, 1.54) is 0 Å². The van der Waals surface area contributed by atoms with Gasteiger partial charge in [0.25, 0.3) is 0 Å². The summed E-state index contributed by atoms with van der Waals surface area (Å²) in [4.78, 5) is 15.4. The molecule has 0 saturated carbocycles. The molecule has 6 nitrogen and oxygen atoms in total. The molecule has 1 aromatic heterocycles. The van der Waals surface area contributed by atoms with Crippen molar-refractivity contribution >= 4 is 11.7 Å². The lowest BCUT2D eigenvalue weighted by atomic mass is 10.0. The molecule has 0 fully saturated rings. The van der Waals surface area contributed by atoms with E-state index < -0.39 is 5.97 Å². The SMILES string of the molecule is [C-]#[N+]c1c(-c2ccc(Oc3ccccc3C#N)cc2)c(C(=O)O)n(C)c1CC. The lowest BCUT2D eigenvalue weighted by Gasteiger charge is -2.09. The maximum atomic E-state index is 11.8. The van der Waals surface area contributed by atoms with Gasteiger partial charge in [0.1, 0.15) is 23.3 Å². The Morgan fingerprint density at radius 1 is 1.25 bits per heavy atom. The second-order valence-corrected chi connectivity index (χ2v) is 6.08. The number of ether oxygens (including phenoxy) is 1. The summed E-state index contributed by atoms with van der Waals surface area (Å²) >= 11 is 0. The third-order valence-electron chi connectivity index (χ3n) is 4.51. The van der Waals surface area contributed by atoms with Crippen LogP contribution in [0.2, 0.25) is 0 Å². The largest absolute Gasteiger partial charge is 0.477 e. The van der Waals surface area contributed by atoms with Crippen LogP contribution >= 0.6 is 0 Å². The van der Waals surface area contributed by atoms with Crippen LogP contribution in [0.4, 0.5) is 5.69 Å². The van der Waals surface area contributed by atoms with Gasteiger partial charge in [0.15, 0.2) is 0 Å². The maximum Gasteiger partial charge on any atom is 0.351 e. The molecule has 0 aliphatic rings. The molecule has 1 heterocycles. The second-order valence-electron chi connectivity index (χ2n) is 6.08. The second kappa shape index (κ2) is 7.69. The molecule has 0 aliphatic carbocycles. The summed E-state index contributed by atoms with van der Waals surface area (Å²) in [5, 5.41) is 18.8. The minimum atomic E-state index is -1.08. The van der Waals surface area contributed by atoms with Crippen LogP contribution in [-0.4, -0.2) is 15.6 Å². The lowest BCUT2D eigenvalue weighted by Crippen LogP contribution is -2.07. The molecule has 3 aromatic rings. The van der Waals surface area contributed by atoms with E-state index in [0.29, 0.717) is 46.0 Å². The Hall–Kier alpha value is -4.03. The van der Waals surface area contributed by atoms with Gasteiger partial charge in [-0.15, -0.1) is 0 Å². The van der Waals surface area contributed by atoms with Crippen LogP contribution in [0.15, 0.2) is 48.5 Å². The molecule has 0 amide bonds. The van der Waals surface area contributed by atoms with Gasteiger partial charge in [0, 0.05) is 18.3 Å². The fourth-order valence-electron chi connectivity index (χ4n) is 3.23. The third-order valence-corrected chi connectivity index (χ3v) is 4.51. The Bertz CT molecular complexity index is 1130. The van der Waals surface area contributed by atoms with E-state index in [2.05, 4.69) is 10.9 Å². The predicted octanol–water partition coefficient (Wildman–Crippen LogP) is 5.17. The van der Waals surface area contributed by atoms with Gasteiger partial charge < -0.3 is 14.4 Å². The zero-order valence-corrected chi connectivity index (χ0v) is 15.4. The Morgan fingerprint density at radius 2 is 1.93 bits per heavy atom. The zero-order valence-electron chi connectivity index (χ0n) is 15.4. The minimum absolute atomic E-state index is 0.0892. The van der Waals surface area contributed by atoms with Crippen LogP contribution in [0.25, 0.3) is 16.0 Å². The summed E-state index contributed by atoms with van der Waals surface area (Å²) in [6.45, 7) is 9.42. The van der Waals surface area contributed by atoms with Gasteiger partial charge in [0.05, 0.1) is 12.1 Å². The van der Waals surface area contributed by atoms with E-state index in [4.69, 9.17) is 16.6 Å². The van der Waals surface area contributed by atoms with E-state index in [9.17, 15) is 9.90 Å². The number of nitrogens with zero attached hydrogens (tertiary/aromatic N) is 3. The molecule has 1 N–H and O–H groups in total. The van der Waals surface area contributed by atoms with Gasteiger partial charge in [-0.2, -0.15) is 5.26 Å². The molecule has 2 aromatic carbocycles. The first-order chi connectivity index (χ1) is 13.5. The van der Waals surface area contributed by atoms with E-state index in [1.54, 1.807) is 60.1 Å². The van der Waals surface area contributed by atoms with Crippen molar-refractivity contribution in [1.29, 1.82) is 5.26 Å². The Morgan fingerprint density at radius 3 is 2.50 bits per heavy atom. The van der Waals surface area contributed by atoms with Gasteiger partial charge >= 0.3 is 5.97 Å². The first-order valence-electron chi connectivity index (χ1n) is 8.61. The number of aromatic nitrogens is 1. The number of carboxylic acid groups (broad SMARTS) is 1. The summed E-state index contributed by atoms with van der Waals surface area (Å²) in [7, 11) is 1.66. The fraction of sp³-hybridized carbons (Fsp3) is 0.136. The van der Waals surface area contributed by atoms with E-state index >= 15 is 0 Å². The zero-order chi connectivity index (χ0) is 20.3. The predicted molar refractivity (Wildman–Crippen MR) is 105 cm³/mol. The Labute approximate surface area is 162 Å². The average molecular weight is 371 g/mol. The maximum absolute atomic E-state index is 11.8. The number of carbonyl (C=O) groups is 1. The highest BCUT2D eigenvalue weighted by atomic mass is 16.5. The lowest BCUT2D eigenvalue weighted by molar-refractivity contribution is 0.0687. The topological polar surface area (TPSA) is 79.6 Å². The molecule has 0 spiro atoms. The van der Waals surface area contributed by atoms with Crippen molar-refractivity contribution < 1.29 is 14.6 Å². The van der Waals surface area contributed by atoms with E-state index in [-0.39, 0.29) is 5.69 Å². The standard InChI is InChI=1S/C22H17N3O3/c1-4-17-20(24-2)19(21(22(26)27)25(17)3)14-9-11-16(12-10-14)28-18-8-6-5-7-15(18)13-23/h5-12H,4H2,1,3H3,(H,26,27). The quantitative estimate of drug-likeness (QED) is 0.628. The molecular weight excluding hydrogens is 354 g/mol. The highest BCUT2D eigenvalue weighted by molar-refractivity contribution is 6.00. The number of nitriles is 1. The fourth-order valence-corrected chi connectivity index (χ4v) is 3.23. The van der Waals surface area contributed by atoms with Crippen LogP contribution in [0, 0.1) is 17.9 Å². The summed E-state index contributed by atoms with van der Waals surface area (Å²) in [6, 6.07) is 15.8. The van der Waals surface area contributed by atoms with Gasteiger partial charge in [0.2, 0.25) is 5.69 Å². The Kier molecular flexibility index (Phi) is 5.15. The van der Waals surface area contributed by atoms with Crippen LogP contribution in [0.1, 0.15) is 28.7 Å². The normalized spacial score (nSPS) is 10.1. The van der Waals surface area contributed by atoms with Crippen molar-refractivity contribution in [1.82, 2.24) is 4.57 Å². The third kappa shape index (κ3) is 3.20. The first kappa shape index (κ1) is 18.8. The molecule has 138 valence electrons. The monoisotopic (exact) mass is 371 g/mol. The molecule has 0 unspecified atom stereocenters. The van der Waals surface area contributed by atoms with E-state index in [0.717, 1.165) is 0 Å². The number of aromatic carboxylic acids is 1. The van der Waals surface area contributed by atoms with Crippen molar-refractivity contribution in [2.45, 2.75) is 13.3 Å². The highest BCUT2D eigenvalue weighted by Crippen LogP contribution is 2.40. The van der Waals surface area contributed by atoms with Gasteiger partial charge in [-0.1, -0.05) is 31.2 Å². The van der Waals surface area contributed by atoms with Crippen molar-refractivity contribution in [3.8, 4) is 28.7 Å². The molecule has 0 atom stereocenters. The summed E-state index contributed by atoms with van der Waals surface area (Å²) < 4.78 is 7.34. The molecule has 0 radical (unpaired) electrons. The number of benzene rings is 2. The highest BCUT2D eigenvalue weighted by Gasteiger charge is 2.25.